The Morgan fingerprint density at radius 1 is 1.33 bits per heavy atom. The summed E-state index contributed by atoms with van der Waals surface area (Å²) >= 11 is 7.33. The fourth-order valence-corrected chi connectivity index (χ4v) is 4.73. The molecule has 0 aromatic heterocycles. The summed E-state index contributed by atoms with van der Waals surface area (Å²) in [6, 6.07) is 2.83. The van der Waals surface area contributed by atoms with Crippen molar-refractivity contribution in [2.75, 3.05) is 18.6 Å². The largest absolute Gasteiger partial charge is 0.464 e. The third-order valence-corrected chi connectivity index (χ3v) is 6.67. The van der Waals surface area contributed by atoms with E-state index in [2.05, 4.69) is 24.8 Å². The lowest BCUT2D eigenvalue weighted by molar-refractivity contribution is -0.150. The first kappa shape index (κ1) is 22.4. The lowest BCUT2D eigenvalue weighted by Gasteiger charge is -2.40. The molecular weight excluding hydrogens is 424 g/mol. The van der Waals surface area contributed by atoms with E-state index in [-0.39, 0.29) is 17.1 Å². The molecule has 2 amide bonds. The molecular formula is C22H25ClN2O4S. The van der Waals surface area contributed by atoms with Gasteiger partial charge in [-0.05, 0) is 75.7 Å². The van der Waals surface area contributed by atoms with E-state index in [1.807, 2.05) is 26.1 Å². The number of hydrogen-bond acceptors (Lipinski definition) is 6. The molecule has 1 saturated heterocycles. The summed E-state index contributed by atoms with van der Waals surface area (Å²) in [5.74, 6) is -1.14. The molecule has 1 aromatic carbocycles. The predicted octanol–water partition coefficient (Wildman–Crippen LogP) is 4.96. The summed E-state index contributed by atoms with van der Waals surface area (Å²) < 4.78 is 4.94. The number of hydrogen-bond donors (Lipinski definition) is 0. The van der Waals surface area contributed by atoms with E-state index in [0.717, 1.165) is 33.5 Å². The number of fused-ring (bicyclic) bond motifs is 1. The third-order valence-electron chi connectivity index (χ3n) is 5.46. The topological polar surface area (TPSA) is 66.9 Å². The monoisotopic (exact) mass is 448 g/mol. The summed E-state index contributed by atoms with van der Waals surface area (Å²) in [7, 11) is 2.01. The number of likely N-dealkylation sites (N-methyl/N-ethyl adjacent to an activating group) is 1. The zero-order valence-electron chi connectivity index (χ0n) is 17.9. The minimum absolute atomic E-state index is 0.145. The summed E-state index contributed by atoms with van der Waals surface area (Å²) in [6.07, 6.45) is 3.79. The number of rotatable bonds is 4. The molecule has 0 N–H and O–H groups in total. The Balaban J connectivity index is 1.97. The molecule has 8 heteroatoms. The van der Waals surface area contributed by atoms with E-state index >= 15 is 0 Å². The van der Waals surface area contributed by atoms with Crippen molar-refractivity contribution in [1.29, 1.82) is 0 Å². The van der Waals surface area contributed by atoms with Crippen molar-refractivity contribution in [3.63, 3.8) is 0 Å². The van der Waals surface area contributed by atoms with Gasteiger partial charge < -0.3 is 9.64 Å². The molecule has 0 radical (unpaired) electrons. The second-order valence-electron chi connectivity index (χ2n) is 7.91. The smallest absolute Gasteiger partial charge is 0.329 e. The van der Waals surface area contributed by atoms with E-state index in [4.69, 9.17) is 16.3 Å². The van der Waals surface area contributed by atoms with Crippen LogP contribution in [0.25, 0.3) is 11.6 Å². The van der Waals surface area contributed by atoms with Crippen LogP contribution in [0.1, 0.15) is 45.7 Å². The van der Waals surface area contributed by atoms with Crippen LogP contribution >= 0.6 is 23.4 Å². The Kier molecular flexibility index (Phi) is 6.07. The molecule has 1 aromatic rings. The predicted molar refractivity (Wildman–Crippen MR) is 121 cm³/mol. The van der Waals surface area contributed by atoms with Crippen molar-refractivity contribution in [2.24, 2.45) is 0 Å². The summed E-state index contributed by atoms with van der Waals surface area (Å²) in [5, 5.41) is -0.0187. The Morgan fingerprint density at radius 3 is 2.63 bits per heavy atom. The molecule has 0 bridgehead atoms. The molecule has 1 atom stereocenters. The van der Waals surface area contributed by atoms with E-state index in [1.54, 1.807) is 13.0 Å². The zero-order chi connectivity index (χ0) is 22.4. The summed E-state index contributed by atoms with van der Waals surface area (Å²) in [4.78, 5) is 40.5. The van der Waals surface area contributed by atoms with E-state index in [0.29, 0.717) is 10.6 Å². The highest BCUT2D eigenvalue weighted by Crippen LogP contribution is 2.42. The van der Waals surface area contributed by atoms with Gasteiger partial charge in [0.05, 0.1) is 17.1 Å². The number of imide groups is 1. The van der Waals surface area contributed by atoms with Crippen molar-refractivity contribution in [1.82, 2.24) is 4.90 Å². The van der Waals surface area contributed by atoms with Crippen LogP contribution in [0, 0.1) is 0 Å². The number of carbonyl (C=O) groups is 3. The highest BCUT2D eigenvalue weighted by molar-refractivity contribution is 8.18. The second-order valence-corrected chi connectivity index (χ2v) is 9.31. The number of allylic oxidation sites excluding steroid dienone is 1. The number of ether oxygens (including phenoxy) is 1. The van der Waals surface area contributed by atoms with E-state index in [9.17, 15) is 14.4 Å². The Hall–Kier alpha value is -2.25. The number of amides is 2. The van der Waals surface area contributed by atoms with Gasteiger partial charge in [0, 0.05) is 23.3 Å². The average molecular weight is 449 g/mol. The molecule has 3 rings (SSSR count). The van der Waals surface area contributed by atoms with Crippen LogP contribution in [0.4, 0.5) is 10.5 Å². The molecule has 30 heavy (non-hydrogen) atoms. The standard InChI is InChI=1S/C22H25ClN2O4S/c1-7-29-20(27)13(3)25-19(26)18(30-21(25)28)9-14-8-15-12(2)11-22(4,5)24(6)17(15)10-16(14)23/h8-11,13H,7H2,1-6H3/b18-9+. The van der Waals surface area contributed by atoms with E-state index < -0.39 is 23.2 Å². The summed E-state index contributed by atoms with van der Waals surface area (Å²) in [6.45, 7) is 9.63. The molecule has 2 aliphatic heterocycles. The lowest BCUT2D eigenvalue weighted by Crippen LogP contribution is -2.42. The first-order valence-electron chi connectivity index (χ1n) is 9.68. The van der Waals surface area contributed by atoms with Crippen molar-refractivity contribution < 1.29 is 19.1 Å². The van der Waals surface area contributed by atoms with Crippen LogP contribution in [-0.2, 0) is 14.3 Å². The maximum atomic E-state index is 12.8. The van der Waals surface area contributed by atoms with Crippen LogP contribution in [0.3, 0.4) is 0 Å². The minimum atomic E-state index is -0.983. The van der Waals surface area contributed by atoms with Gasteiger partial charge in [-0.25, -0.2) is 4.79 Å². The molecule has 0 saturated carbocycles. The minimum Gasteiger partial charge on any atom is -0.464 e. The summed E-state index contributed by atoms with van der Waals surface area (Å²) in [5.41, 5.74) is 3.64. The number of nitrogens with zero attached hydrogens (tertiary/aromatic N) is 2. The van der Waals surface area contributed by atoms with Crippen molar-refractivity contribution in [3.8, 4) is 0 Å². The average Bonchev–Trinajstić information content (AvgIpc) is 2.93. The second kappa shape index (κ2) is 8.12. The van der Waals surface area contributed by atoms with Gasteiger partial charge in [-0.1, -0.05) is 17.7 Å². The molecule has 160 valence electrons. The van der Waals surface area contributed by atoms with Gasteiger partial charge in [-0.3, -0.25) is 14.5 Å². The van der Waals surface area contributed by atoms with Crippen LogP contribution < -0.4 is 4.90 Å². The molecule has 0 aliphatic carbocycles. The number of anilines is 1. The number of benzene rings is 1. The molecule has 1 unspecified atom stereocenters. The van der Waals surface area contributed by atoms with E-state index in [1.165, 1.54) is 6.92 Å². The first-order chi connectivity index (χ1) is 14.0. The van der Waals surface area contributed by atoms with Gasteiger partial charge in [-0.15, -0.1) is 0 Å². The van der Waals surface area contributed by atoms with Crippen molar-refractivity contribution in [2.45, 2.75) is 46.2 Å². The molecule has 6 nitrogen and oxygen atoms in total. The Morgan fingerprint density at radius 2 is 2.00 bits per heavy atom. The maximum Gasteiger partial charge on any atom is 0.329 e. The van der Waals surface area contributed by atoms with Gasteiger partial charge in [0.15, 0.2) is 0 Å². The Labute approximate surface area is 185 Å². The molecule has 1 fully saturated rings. The zero-order valence-corrected chi connectivity index (χ0v) is 19.5. The first-order valence-corrected chi connectivity index (χ1v) is 10.9. The molecule has 2 aliphatic rings. The molecule has 2 heterocycles. The third kappa shape index (κ3) is 3.88. The van der Waals surface area contributed by atoms with Crippen LogP contribution in [0.15, 0.2) is 23.1 Å². The van der Waals surface area contributed by atoms with Gasteiger partial charge in [0.2, 0.25) is 0 Å². The quantitative estimate of drug-likeness (QED) is 0.479. The maximum absolute atomic E-state index is 12.8. The fourth-order valence-electron chi connectivity index (χ4n) is 3.62. The van der Waals surface area contributed by atoms with Crippen molar-refractivity contribution in [3.05, 3.63) is 39.3 Å². The van der Waals surface area contributed by atoms with Crippen LogP contribution in [-0.4, -0.2) is 47.3 Å². The Bertz CT molecular complexity index is 999. The number of halogens is 1. The van der Waals surface area contributed by atoms with Gasteiger partial charge >= 0.3 is 5.97 Å². The number of esters is 1. The van der Waals surface area contributed by atoms with Gasteiger partial charge in [-0.2, -0.15) is 0 Å². The fraction of sp³-hybridized carbons (Fsp3) is 0.409. The van der Waals surface area contributed by atoms with Crippen LogP contribution in [0.2, 0.25) is 5.02 Å². The number of carbonyl (C=O) groups excluding carboxylic acids is 3. The molecule has 0 spiro atoms. The highest BCUT2D eigenvalue weighted by atomic mass is 35.5. The SMILES string of the molecule is CCOC(=O)C(C)N1C(=O)S/C(=C/c2cc3c(cc2Cl)N(C)C(C)(C)C=C3C)C1=O. The van der Waals surface area contributed by atoms with Crippen molar-refractivity contribution >= 4 is 57.8 Å². The highest BCUT2D eigenvalue weighted by Gasteiger charge is 2.41. The number of thioether (sulfide) groups is 1. The van der Waals surface area contributed by atoms with Gasteiger partial charge in [0.25, 0.3) is 11.1 Å². The van der Waals surface area contributed by atoms with Gasteiger partial charge in [0.1, 0.15) is 6.04 Å². The normalized spacial score (nSPS) is 20.4. The van der Waals surface area contributed by atoms with Crippen LogP contribution in [0.5, 0.6) is 0 Å². The lowest BCUT2D eigenvalue weighted by atomic mass is 9.88.